The Hall–Kier alpha value is -2.40. The van der Waals surface area contributed by atoms with Crippen LogP contribution in [0.1, 0.15) is 16.8 Å². The predicted octanol–water partition coefficient (Wildman–Crippen LogP) is 1.92. The highest BCUT2D eigenvalue weighted by molar-refractivity contribution is 7.89. The first-order valence-electron chi connectivity index (χ1n) is 7.55. The van der Waals surface area contributed by atoms with Crippen molar-refractivity contribution in [2.75, 3.05) is 5.75 Å². The van der Waals surface area contributed by atoms with Crippen LogP contribution in [0, 0.1) is 6.92 Å². The van der Waals surface area contributed by atoms with Crippen LogP contribution >= 0.6 is 0 Å². The summed E-state index contributed by atoms with van der Waals surface area (Å²) in [6.07, 6.45) is -2.00. The number of halogens is 3. The molecule has 0 bridgehead atoms. The van der Waals surface area contributed by atoms with Crippen molar-refractivity contribution >= 4 is 21.1 Å². The number of nitrogens with two attached hydrogens (primary N) is 1. The molecule has 0 unspecified atom stereocenters. The Bertz CT molecular complexity index is 1080. The number of aromatic nitrogens is 4. The number of primary sulfonamides is 1. The molecular formula is C15H16F3N5O2S. The number of rotatable bonds is 4. The molecule has 3 aromatic heterocycles. The van der Waals surface area contributed by atoms with Gasteiger partial charge in [0, 0.05) is 30.4 Å². The van der Waals surface area contributed by atoms with Crippen molar-refractivity contribution in [1.29, 1.82) is 0 Å². The van der Waals surface area contributed by atoms with Crippen LogP contribution in [0.5, 0.6) is 0 Å². The van der Waals surface area contributed by atoms with E-state index in [0.717, 1.165) is 12.3 Å². The van der Waals surface area contributed by atoms with E-state index in [1.54, 1.807) is 24.7 Å². The molecule has 0 aromatic carbocycles. The number of fused-ring (bicyclic) bond motifs is 1. The summed E-state index contributed by atoms with van der Waals surface area (Å²) in [6, 6.07) is 2.54. The lowest BCUT2D eigenvalue weighted by Gasteiger charge is -2.10. The van der Waals surface area contributed by atoms with Crippen molar-refractivity contribution in [3.8, 4) is 5.82 Å². The van der Waals surface area contributed by atoms with E-state index >= 15 is 0 Å². The van der Waals surface area contributed by atoms with Gasteiger partial charge >= 0.3 is 6.18 Å². The molecule has 3 heterocycles. The lowest BCUT2D eigenvalue weighted by Crippen LogP contribution is -2.18. The summed E-state index contributed by atoms with van der Waals surface area (Å²) in [4.78, 5) is 3.94. The molecule has 7 nitrogen and oxygen atoms in total. The van der Waals surface area contributed by atoms with Crippen LogP contribution in [0.3, 0.4) is 0 Å². The summed E-state index contributed by atoms with van der Waals surface area (Å²) in [5.41, 5.74) is 0.733. The molecule has 0 saturated heterocycles. The Kier molecular flexibility index (Phi) is 4.31. The molecule has 0 amide bonds. The smallest absolute Gasteiger partial charge is 0.285 e. The third kappa shape index (κ3) is 3.44. The molecule has 0 aliphatic carbocycles. The molecule has 0 spiro atoms. The van der Waals surface area contributed by atoms with Gasteiger partial charge in [-0.15, -0.1) is 0 Å². The van der Waals surface area contributed by atoms with Crippen LogP contribution in [0.25, 0.3) is 16.9 Å². The number of hydrogen-bond donors (Lipinski definition) is 1. The van der Waals surface area contributed by atoms with Crippen LogP contribution in [0.4, 0.5) is 13.2 Å². The van der Waals surface area contributed by atoms with Gasteiger partial charge in [0.25, 0.3) is 0 Å². The highest BCUT2D eigenvalue weighted by atomic mass is 32.2. The normalized spacial score (nSPS) is 12.8. The van der Waals surface area contributed by atoms with Crippen LogP contribution < -0.4 is 5.14 Å². The minimum atomic E-state index is -4.48. The number of pyridine rings is 1. The van der Waals surface area contributed by atoms with Crippen LogP contribution in [0.2, 0.25) is 0 Å². The zero-order valence-electron chi connectivity index (χ0n) is 13.9. The number of hydrogen-bond acceptors (Lipinski definition) is 4. The Labute approximate surface area is 147 Å². The molecular weight excluding hydrogens is 371 g/mol. The molecule has 0 atom stereocenters. The van der Waals surface area contributed by atoms with Gasteiger partial charge in [-0.1, -0.05) is 0 Å². The SMILES string of the molecule is Cc1nn(C)c(-n2ccc3cc(C(F)(F)F)cnc32)c1CCS(N)(=O)=O. The van der Waals surface area contributed by atoms with E-state index in [2.05, 4.69) is 10.1 Å². The first kappa shape index (κ1) is 18.4. The number of aryl methyl sites for hydroxylation is 2. The average Bonchev–Trinajstić information content (AvgIpc) is 3.03. The Morgan fingerprint density at radius 3 is 2.62 bits per heavy atom. The molecule has 3 aromatic rings. The summed E-state index contributed by atoms with van der Waals surface area (Å²) in [7, 11) is -2.00. The van der Waals surface area contributed by atoms with E-state index in [0.29, 0.717) is 28.1 Å². The lowest BCUT2D eigenvalue weighted by atomic mass is 10.2. The van der Waals surface area contributed by atoms with Crippen LogP contribution in [0.15, 0.2) is 24.5 Å². The van der Waals surface area contributed by atoms with E-state index in [1.807, 2.05) is 0 Å². The van der Waals surface area contributed by atoms with Gasteiger partial charge in [-0.25, -0.2) is 18.5 Å². The minimum Gasteiger partial charge on any atom is -0.285 e. The van der Waals surface area contributed by atoms with E-state index in [4.69, 9.17) is 5.14 Å². The number of sulfonamides is 1. The van der Waals surface area contributed by atoms with Crippen LogP contribution in [-0.4, -0.2) is 33.5 Å². The molecule has 3 rings (SSSR count). The van der Waals surface area contributed by atoms with E-state index < -0.39 is 21.8 Å². The Morgan fingerprint density at radius 1 is 1.31 bits per heavy atom. The second-order valence-corrected chi connectivity index (χ2v) is 7.68. The highest BCUT2D eigenvalue weighted by Gasteiger charge is 2.31. The van der Waals surface area contributed by atoms with Crippen LogP contribution in [-0.2, 0) is 29.7 Å². The highest BCUT2D eigenvalue weighted by Crippen LogP contribution is 2.31. The molecule has 0 aliphatic heterocycles. The second-order valence-electron chi connectivity index (χ2n) is 5.95. The predicted molar refractivity (Wildman–Crippen MR) is 89.3 cm³/mol. The van der Waals surface area contributed by atoms with Gasteiger partial charge in [-0.05, 0) is 25.5 Å². The van der Waals surface area contributed by atoms with E-state index in [9.17, 15) is 21.6 Å². The molecule has 140 valence electrons. The van der Waals surface area contributed by atoms with Crippen molar-refractivity contribution in [3.63, 3.8) is 0 Å². The first-order chi connectivity index (χ1) is 12.0. The summed E-state index contributed by atoms with van der Waals surface area (Å²) >= 11 is 0. The van der Waals surface area contributed by atoms with Gasteiger partial charge < -0.3 is 0 Å². The van der Waals surface area contributed by atoms with Crippen molar-refractivity contribution in [2.24, 2.45) is 12.2 Å². The maximum Gasteiger partial charge on any atom is 0.417 e. The topological polar surface area (TPSA) is 95.8 Å². The van der Waals surface area contributed by atoms with Gasteiger partial charge in [0.1, 0.15) is 11.5 Å². The van der Waals surface area contributed by atoms with Gasteiger partial charge in [-0.2, -0.15) is 18.3 Å². The second kappa shape index (κ2) is 6.09. The Balaban J connectivity index is 2.12. The fourth-order valence-electron chi connectivity index (χ4n) is 2.88. The fourth-order valence-corrected chi connectivity index (χ4v) is 3.37. The maximum absolute atomic E-state index is 12.9. The quantitative estimate of drug-likeness (QED) is 0.740. The zero-order valence-corrected chi connectivity index (χ0v) is 14.8. The zero-order chi connectivity index (χ0) is 19.3. The Morgan fingerprint density at radius 2 is 2.00 bits per heavy atom. The number of nitrogens with zero attached hydrogens (tertiary/aromatic N) is 4. The van der Waals surface area contributed by atoms with Crippen molar-refractivity contribution in [2.45, 2.75) is 19.5 Å². The summed E-state index contributed by atoms with van der Waals surface area (Å²) in [6.45, 7) is 1.73. The van der Waals surface area contributed by atoms with Crippen molar-refractivity contribution < 1.29 is 21.6 Å². The monoisotopic (exact) mass is 387 g/mol. The third-order valence-electron chi connectivity index (χ3n) is 4.03. The first-order valence-corrected chi connectivity index (χ1v) is 9.26. The van der Waals surface area contributed by atoms with Gasteiger partial charge in [0.05, 0.1) is 17.0 Å². The standard InChI is InChI=1S/C15H16F3N5O2S/c1-9-12(4-6-26(19,24)25)14(22(2)21-9)23-5-3-10-7-11(15(16,17)18)8-20-13(10)23/h3,5,7-8H,4,6H2,1-2H3,(H2,19,24,25). The summed E-state index contributed by atoms with van der Waals surface area (Å²) in [5, 5.41) is 9.68. The molecule has 26 heavy (non-hydrogen) atoms. The fraction of sp³-hybridized carbons (Fsp3) is 0.333. The third-order valence-corrected chi connectivity index (χ3v) is 4.80. The minimum absolute atomic E-state index is 0.133. The molecule has 2 N–H and O–H groups in total. The molecule has 11 heteroatoms. The molecule has 0 aliphatic rings. The van der Waals surface area contributed by atoms with Crippen molar-refractivity contribution in [1.82, 2.24) is 19.3 Å². The van der Waals surface area contributed by atoms with Gasteiger partial charge in [0.15, 0.2) is 0 Å². The largest absolute Gasteiger partial charge is 0.417 e. The lowest BCUT2D eigenvalue weighted by molar-refractivity contribution is -0.137. The summed E-state index contributed by atoms with van der Waals surface area (Å²) < 4.78 is 64.3. The molecule has 0 fully saturated rings. The maximum atomic E-state index is 12.9. The molecule has 0 saturated carbocycles. The van der Waals surface area contributed by atoms with E-state index in [-0.39, 0.29) is 12.2 Å². The summed E-state index contributed by atoms with van der Waals surface area (Å²) in [5.74, 6) is 0.269. The molecule has 0 radical (unpaired) electrons. The number of alkyl halides is 3. The average molecular weight is 387 g/mol. The van der Waals surface area contributed by atoms with Gasteiger partial charge in [-0.3, -0.25) is 9.25 Å². The van der Waals surface area contributed by atoms with Crippen molar-refractivity contribution in [3.05, 3.63) is 41.3 Å². The van der Waals surface area contributed by atoms with Gasteiger partial charge in [0.2, 0.25) is 10.0 Å². The van der Waals surface area contributed by atoms with E-state index in [1.165, 1.54) is 10.7 Å².